The zero-order valence-electron chi connectivity index (χ0n) is 13.7. The van der Waals surface area contributed by atoms with Gasteiger partial charge in [0.2, 0.25) is 0 Å². The monoisotopic (exact) mass is 299 g/mol. The summed E-state index contributed by atoms with van der Waals surface area (Å²) in [4.78, 5) is 2.38. The zero-order valence-corrected chi connectivity index (χ0v) is 13.7. The molecule has 0 saturated carbocycles. The second-order valence-corrected chi connectivity index (χ2v) is 6.73. The van der Waals surface area contributed by atoms with Gasteiger partial charge in [0.05, 0.1) is 5.69 Å². The molecule has 1 saturated heterocycles. The largest absolute Gasteiger partial charge is 0.488 e. The van der Waals surface area contributed by atoms with Crippen LogP contribution in [-0.4, -0.2) is 34.3 Å². The molecule has 1 aromatic carbocycles. The van der Waals surface area contributed by atoms with E-state index in [1.807, 2.05) is 12.1 Å². The average Bonchev–Trinajstić information content (AvgIpc) is 2.83. The highest BCUT2D eigenvalue weighted by Crippen LogP contribution is 2.20. The number of aromatic amines is 1. The second-order valence-electron chi connectivity index (χ2n) is 6.73. The Bertz CT molecular complexity index is 614. The molecule has 1 fully saturated rings. The normalized spacial score (nSPS) is 16.0. The predicted octanol–water partition coefficient (Wildman–Crippen LogP) is 3.18. The summed E-state index contributed by atoms with van der Waals surface area (Å²) in [7, 11) is 0. The van der Waals surface area contributed by atoms with Gasteiger partial charge in [-0.1, -0.05) is 26.0 Å². The molecule has 4 nitrogen and oxygen atoms in total. The van der Waals surface area contributed by atoms with Gasteiger partial charge in [-0.15, -0.1) is 0 Å². The third-order valence-corrected chi connectivity index (χ3v) is 3.91. The van der Waals surface area contributed by atoms with Crippen molar-refractivity contribution in [2.75, 3.05) is 13.1 Å². The van der Waals surface area contributed by atoms with Crippen LogP contribution in [0.2, 0.25) is 0 Å². The molecule has 0 unspecified atom stereocenters. The van der Waals surface area contributed by atoms with Crippen molar-refractivity contribution >= 4 is 0 Å². The number of hydrogen-bond donors (Lipinski definition) is 1. The number of likely N-dealkylation sites (tertiary alicyclic amines) is 1. The van der Waals surface area contributed by atoms with Gasteiger partial charge in [0.15, 0.2) is 0 Å². The lowest BCUT2D eigenvalue weighted by Gasteiger charge is -2.38. The smallest absolute Gasteiger partial charge is 0.124 e. The molecule has 0 spiro atoms. The van der Waals surface area contributed by atoms with Crippen molar-refractivity contribution in [1.82, 2.24) is 15.1 Å². The van der Waals surface area contributed by atoms with Crippen molar-refractivity contribution in [3.63, 3.8) is 0 Å². The maximum Gasteiger partial charge on any atom is 0.124 e. The fourth-order valence-electron chi connectivity index (χ4n) is 2.86. The quantitative estimate of drug-likeness (QED) is 0.890. The molecule has 22 heavy (non-hydrogen) atoms. The van der Waals surface area contributed by atoms with E-state index in [-0.39, 0.29) is 0 Å². The Morgan fingerprint density at radius 3 is 2.86 bits per heavy atom. The van der Waals surface area contributed by atoms with Crippen molar-refractivity contribution in [3.8, 4) is 5.75 Å². The van der Waals surface area contributed by atoms with Gasteiger partial charge in [-0.3, -0.25) is 10.00 Å². The number of benzene rings is 1. The van der Waals surface area contributed by atoms with Gasteiger partial charge in [0.1, 0.15) is 11.9 Å². The molecule has 0 atom stereocenters. The summed E-state index contributed by atoms with van der Waals surface area (Å²) in [5, 5.41) is 7.53. The van der Waals surface area contributed by atoms with Crippen LogP contribution in [0.4, 0.5) is 0 Å². The lowest BCUT2D eigenvalue weighted by atomic mass is 10.1. The van der Waals surface area contributed by atoms with Crippen LogP contribution in [0.25, 0.3) is 0 Å². The lowest BCUT2D eigenvalue weighted by molar-refractivity contribution is 0.0138. The molecular formula is C18H25N3O. The summed E-state index contributed by atoms with van der Waals surface area (Å²) in [6, 6.07) is 10.4. The van der Waals surface area contributed by atoms with E-state index in [0.29, 0.717) is 12.0 Å². The van der Waals surface area contributed by atoms with Gasteiger partial charge in [-0.2, -0.15) is 5.10 Å². The fraction of sp³-hybridized carbons (Fsp3) is 0.500. The molecule has 4 heteroatoms. The highest BCUT2D eigenvalue weighted by molar-refractivity contribution is 5.27. The average molecular weight is 299 g/mol. The highest BCUT2D eigenvalue weighted by Gasteiger charge is 2.28. The van der Waals surface area contributed by atoms with Crippen LogP contribution in [-0.2, 0) is 13.0 Å². The molecule has 0 amide bonds. The molecule has 2 aromatic rings. The molecule has 1 aromatic heterocycles. The number of rotatable bonds is 6. The standard InChI is InChI=1S/C18H25N3O/c1-13(2)7-15-9-16(20-19-15)10-21-11-18(12-21)22-17-6-4-5-14(3)8-17/h4-6,8-9,13,18H,7,10-12H2,1-3H3,(H,19,20). The maximum absolute atomic E-state index is 5.99. The minimum absolute atomic E-state index is 0.305. The van der Waals surface area contributed by atoms with Crippen LogP contribution >= 0.6 is 0 Å². The number of H-pyrrole nitrogens is 1. The molecule has 0 bridgehead atoms. The molecule has 2 heterocycles. The number of aromatic nitrogens is 2. The van der Waals surface area contributed by atoms with Gasteiger partial charge in [-0.05, 0) is 43.0 Å². The minimum Gasteiger partial charge on any atom is -0.488 e. The van der Waals surface area contributed by atoms with E-state index in [2.05, 4.69) is 54.1 Å². The van der Waals surface area contributed by atoms with Crippen molar-refractivity contribution < 1.29 is 4.74 Å². The van der Waals surface area contributed by atoms with E-state index in [1.165, 1.54) is 11.3 Å². The summed E-state index contributed by atoms with van der Waals surface area (Å²) in [5.74, 6) is 1.62. The second kappa shape index (κ2) is 6.53. The van der Waals surface area contributed by atoms with Crippen LogP contribution < -0.4 is 4.74 Å². The van der Waals surface area contributed by atoms with Crippen molar-refractivity contribution in [2.24, 2.45) is 5.92 Å². The van der Waals surface area contributed by atoms with Gasteiger partial charge in [0.25, 0.3) is 0 Å². The van der Waals surface area contributed by atoms with E-state index < -0.39 is 0 Å². The molecule has 0 aliphatic carbocycles. The van der Waals surface area contributed by atoms with E-state index >= 15 is 0 Å². The summed E-state index contributed by atoms with van der Waals surface area (Å²) >= 11 is 0. The fourth-order valence-corrected chi connectivity index (χ4v) is 2.86. The first kappa shape index (κ1) is 15.1. The molecule has 1 aliphatic heterocycles. The summed E-state index contributed by atoms with van der Waals surface area (Å²) in [6.07, 6.45) is 1.34. The Balaban J connectivity index is 1.44. The van der Waals surface area contributed by atoms with Crippen LogP contribution in [0.1, 0.15) is 30.8 Å². The first-order chi connectivity index (χ1) is 10.6. The molecule has 3 rings (SSSR count). The van der Waals surface area contributed by atoms with Gasteiger partial charge < -0.3 is 4.74 Å². The third kappa shape index (κ3) is 3.89. The Morgan fingerprint density at radius 2 is 2.14 bits per heavy atom. The summed E-state index contributed by atoms with van der Waals surface area (Å²) < 4.78 is 5.99. The van der Waals surface area contributed by atoms with Crippen molar-refractivity contribution in [3.05, 3.63) is 47.3 Å². The van der Waals surface area contributed by atoms with Crippen LogP contribution in [0.15, 0.2) is 30.3 Å². The summed E-state index contributed by atoms with van der Waals surface area (Å²) in [5.41, 5.74) is 3.60. The lowest BCUT2D eigenvalue weighted by Crippen LogP contribution is -2.53. The Kier molecular flexibility index (Phi) is 4.48. The first-order valence-electron chi connectivity index (χ1n) is 8.07. The van der Waals surface area contributed by atoms with E-state index in [1.54, 1.807) is 0 Å². The van der Waals surface area contributed by atoms with Gasteiger partial charge in [0, 0.05) is 25.3 Å². The minimum atomic E-state index is 0.305. The Morgan fingerprint density at radius 1 is 1.32 bits per heavy atom. The number of ether oxygens (including phenoxy) is 1. The molecule has 0 radical (unpaired) electrons. The summed E-state index contributed by atoms with van der Waals surface area (Å²) in [6.45, 7) is 9.42. The van der Waals surface area contributed by atoms with Crippen molar-refractivity contribution in [1.29, 1.82) is 0 Å². The van der Waals surface area contributed by atoms with Crippen LogP contribution in [0.5, 0.6) is 5.75 Å². The number of aryl methyl sites for hydroxylation is 1. The Labute approximate surface area is 132 Å². The SMILES string of the molecule is Cc1cccc(OC2CN(Cc3cc(CC(C)C)n[nH]3)C2)c1. The number of hydrogen-bond acceptors (Lipinski definition) is 3. The van der Waals surface area contributed by atoms with E-state index in [4.69, 9.17) is 4.74 Å². The van der Waals surface area contributed by atoms with Crippen LogP contribution in [0.3, 0.4) is 0 Å². The number of nitrogens with one attached hydrogen (secondary N) is 1. The predicted molar refractivity (Wildman–Crippen MR) is 88.0 cm³/mol. The first-order valence-corrected chi connectivity index (χ1v) is 8.07. The van der Waals surface area contributed by atoms with Crippen LogP contribution in [0, 0.1) is 12.8 Å². The van der Waals surface area contributed by atoms with Crippen molar-refractivity contribution in [2.45, 2.75) is 39.8 Å². The third-order valence-electron chi connectivity index (χ3n) is 3.91. The maximum atomic E-state index is 5.99. The van der Waals surface area contributed by atoms with Gasteiger partial charge in [-0.25, -0.2) is 0 Å². The number of nitrogens with zero attached hydrogens (tertiary/aromatic N) is 2. The van der Waals surface area contributed by atoms with Gasteiger partial charge >= 0.3 is 0 Å². The van der Waals surface area contributed by atoms with E-state index in [0.717, 1.165) is 37.5 Å². The molecular weight excluding hydrogens is 274 g/mol. The zero-order chi connectivity index (χ0) is 15.5. The molecule has 118 valence electrons. The van der Waals surface area contributed by atoms with E-state index in [9.17, 15) is 0 Å². The highest BCUT2D eigenvalue weighted by atomic mass is 16.5. The molecule has 1 aliphatic rings. The molecule has 1 N–H and O–H groups in total. The Hall–Kier alpha value is -1.81. The topological polar surface area (TPSA) is 41.1 Å².